The summed E-state index contributed by atoms with van der Waals surface area (Å²) in [7, 11) is 4.07. The molecule has 0 amide bonds. The van der Waals surface area contributed by atoms with Crippen LogP contribution in [0.15, 0.2) is 60.8 Å². The Bertz CT molecular complexity index is 1220. The molecule has 1 fully saturated rings. The molecule has 0 saturated heterocycles. The third kappa shape index (κ3) is 4.91. The molecule has 0 radical (unpaired) electrons. The summed E-state index contributed by atoms with van der Waals surface area (Å²) >= 11 is 0. The molecule has 170 valence electrons. The topological polar surface area (TPSA) is 66.0 Å². The normalized spacial score (nSPS) is 18.5. The monoisotopic (exact) mass is 440 g/mol. The van der Waals surface area contributed by atoms with E-state index in [9.17, 15) is 0 Å². The Balaban J connectivity index is 1.15. The number of hydrogen-bond donors (Lipinski definition) is 2. The first-order chi connectivity index (χ1) is 16.2. The van der Waals surface area contributed by atoms with Gasteiger partial charge in [-0.1, -0.05) is 30.3 Å². The highest BCUT2D eigenvalue weighted by Gasteiger charge is 2.22. The van der Waals surface area contributed by atoms with Crippen molar-refractivity contribution >= 4 is 33.6 Å². The molecule has 0 bridgehead atoms. The second-order valence-corrected chi connectivity index (χ2v) is 9.26. The maximum Gasteiger partial charge on any atom is 0.225 e. The van der Waals surface area contributed by atoms with Crippen LogP contribution >= 0.6 is 0 Å². The molecule has 0 spiro atoms. The van der Waals surface area contributed by atoms with E-state index in [4.69, 9.17) is 9.97 Å². The van der Waals surface area contributed by atoms with E-state index in [1.165, 1.54) is 23.8 Å². The van der Waals surface area contributed by atoms with Gasteiger partial charge in [-0.05, 0) is 68.0 Å². The summed E-state index contributed by atoms with van der Waals surface area (Å²) in [5.41, 5.74) is 3.37. The Hall–Kier alpha value is -3.25. The zero-order valence-electron chi connectivity index (χ0n) is 19.5. The number of para-hydroxylation sites is 2. The highest BCUT2D eigenvalue weighted by molar-refractivity contribution is 5.90. The van der Waals surface area contributed by atoms with E-state index in [2.05, 4.69) is 56.9 Å². The van der Waals surface area contributed by atoms with Crippen LogP contribution in [0.5, 0.6) is 0 Å². The quantitative estimate of drug-likeness (QED) is 0.421. The van der Waals surface area contributed by atoms with E-state index in [-0.39, 0.29) is 0 Å². The maximum absolute atomic E-state index is 4.81. The van der Waals surface area contributed by atoms with E-state index in [1.54, 1.807) is 0 Å². The fourth-order valence-corrected chi connectivity index (χ4v) is 4.88. The molecule has 1 aliphatic rings. The maximum atomic E-state index is 4.81. The van der Waals surface area contributed by atoms with Crippen LogP contribution in [-0.2, 0) is 6.54 Å². The molecular weight excluding hydrogens is 408 g/mol. The lowest BCUT2D eigenvalue weighted by atomic mass is 9.86. The van der Waals surface area contributed by atoms with Crippen LogP contribution in [-0.4, -0.2) is 41.6 Å². The van der Waals surface area contributed by atoms with Gasteiger partial charge in [0.05, 0.1) is 11.0 Å². The number of hydrogen-bond acceptors (Lipinski definition) is 6. The SMILES string of the molecule is CN(C)c1nc(N[C@H]2CC[C@@H](CNCc3ccnc4ccccc34)CC2)nc2ccccc12. The lowest BCUT2D eigenvalue weighted by Gasteiger charge is -2.29. The summed E-state index contributed by atoms with van der Waals surface area (Å²) < 4.78 is 0. The number of benzene rings is 2. The number of nitrogens with zero attached hydrogens (tertiary/aromatic N) is 4. The van der Waals surface area contributed by atoms with E-state index in [0.29, 0.717) is 12.0 Å². The Kier molecular flexibility index (Phi) is 6.35. The largest absolute Gasteiger partial charge is 0.362 e. The van der Waals surface area contributed by atoms with Crippen molar-refractivity contribution in [3.63, 3.8) is 0 Å². The van der Waals surface area contributed by atoms with Crippen molar-refractivity contribution in [3.8, 4) is 0 Å². The first-order valence-electron chi connectivity index (χ1n) is 11.9. The van der Waals surface area contributed by atoms with Crippen molar-refractivity contribution in [2.24, 2.45) is 5.92 Å². The minimum absolute atomic E-state index is 0.432. The van der Waals surface area contributed by atoms with Gasteiger partial charge in [0, 0.05) is 43.7 Å². The molecule has 2 aromatic heterocycles. The van der Waals surface area contributed by atoms with Crippen LogP contribution in [0.25, 0.3) is 21.8 Å². The van der Waals surface area contributed by atoms with Crippen LogP contribution < -0.4 is 15.5 Å². The van der Waals surface area contributed by atoms with Crippen LogP contribution in [0.3, 0.4) is 0 Å². The minimum atomic E-state index is 0.432. The first-order valence-corrected chi connectivity index (χ1v) is 11.9. The lowest BCUT2D eigenvalue weighted by molar-refractivity contribution is 0.324. The Labute approximate surface area is 195 Å². The third-order valence-electron chi connectivity index (χ3n) is 6.67. The third-order valence-corrected chi connectivity index (χ3v) is 6.67. The average Bonchev–Trinajstić information content (AvgIpc) is 2.85. The summed E-state index contributed by atoms with van der Waals surface area (Å²) in [4.78, 5) is 16.1. The van der Waals surface area contributed by atoms with Gasteiger partial charge in [-0.15, -0.1) is 0 Å². The first kappa shape index (κ1) is 21.6. The van der Waals surface area contributed by atoms with Gasteiger partial charge in [0.1, 0.15) is 5.82 Å². The average molecular weight is 441 g/mol. The summed E-state index contributed by atoms with van der Waals surface area (Å²) in [6, 6.07) is 19.1. The molecule has 1 saturated carbocycles. The van der Waals surface area contributed by atoms with Crippen molar-refractivity contribution < 1.29 is 0 Å². The lowest BCUT2D eigenvalue weighted by Crippen LogP contribution is -2.31. The van der Waals surface area contributed by atoms with Gasteiger partial charge >= 0.3 is 0 Å². The smallest absolute Gasteiger partial charge is 0.225 e. The number of anilines is 2. The minimum Gasteiger partial charge on any atom is -0.362 e. The van der Waals surface area contributed by atoms with E-state index in [0.717, 1.165) is 54.1 Å². The number of rotatable bonds is 7. The van der Waals surface area contributed by atoms with Crippen molar-refractivity contribution in [2.45, 2.75) is 38.3 Å². The van der Waals surface area contributed by atoms with E-state index < -0.39 is 0 Å². The summed E-state index contributed by atoms with van der Waals surface area (Å²) in [6.07, 6.45) is 6.65. The van der Waals surface area contributed by atoms with Crippen LogP contribution in [0.2, 0.25) is 0 Å². The van der Waals surface area contributed by atoms with Gasteiger partial charge in [0.15, 0.2) is 0 Å². The van der Waals surface area contributed by atoms with Gasteiger partial charge in [-0.2, -0.15) is 4.98 Å². The highest BCUT2D eigenvalue weighted by atomic mass is 15.2. The van der Waals surface area contributed by atoms with E-state index >= 15 is 0 Å². The molecule has 6 heteroatoms. The molecule has 0 unspecified atom stereocenters. The number of nitrogens with one attached hydrogen (secondary N) is 2. The van der Waals surface area contributed by atoms with Crippen molar-refractivity contribution in [3.05, 3.63) is 66.4 Å². The van der Waals surface area contributed by atoms with Gasteiger partial charge in [0.25, 0.3) is 0 Å². The molecule has 5 rings (SSSR count). The molecule has 2 heterocycles. The van der Waals surface area contributed by atoms with Crippen molar-refractivity contribution in [1.29, 1.82) is 0 Å². The molecular formula is C27H32N6. The van der Waals surface area contributed by atoms with Crippen molar-refractivity contribution in [2.75, 3.05) is 30.9 Å². The summed E-state index contributed by atoms with van der Waals surface area (Å²) in [5.74, 6) is 2.42. The van der Waals surface area contributed by atoms with Crippen LogP contribution in [0.1, 0.15) is 31.2 Å². The van der Waals surface area contributed by atoms with Gasteiger partial charge < -0.3 is 15.5 Å². The predicted molar refractivity (Wildman–Crippen MR) is 137 cm³/mol. The van der Waals surface area contributed by atoms with Gasteiger partial charge in [-0.3, -0.25) is 4.98 Å². The molecule has 4 aromatic rings. The summed E-state index contributed by atoms with van der Waals surface area (Å²) in [5, 5.41) is 9.64. The number of fused-ring (bicyclic) bond motifs is 2. The van der Waals surface area contributed by atoms with E-state index in [1.807, 2.05) is 38.5 Å². The molecule has 2 N–H and O–H groups in total. The van der Waals surface area contributed by atoms with Gasteiger partial charge in [-0.25, -0.2) is 4.98 Å². The number of pyridine rings is 1. The highest BCUT2D eigenvalue weighted by Crippen LogP contribution is 2.28. The molecule has 33 heavy (non-hydrogen) atoms. The van der Waals surface area contributed by atoms with Crippen LogP contribution in [0.4, 0.5) is 11.8 Å². The van der Waals surface area contributed by atoms with Crippen LogP contribution in [0, 0.1) is 5.92 Å². The Morgan fingerprint density at radius 1 is 0.848 bits per heavy atom. The second-order valence-electron chi connectivity index (χ2n) is 9.26. The Morgan fingerprint density at radius 3 is 2.36 bits per heavy atom. The van der Waals surface area contributed by atoms with Gasteiger partial charge in [0.2, 0.25) is 5.95 Å². The fraction of sp³-hybridized carbons (Fsp3) is 0.370. The zero-order valence-corrected chi connectivity index (χ0v) is 19.5. The fourth-order valence-electron chi connectivity index (χ4n) is 4.88. The predicted octanol–water partition coefficient (Wildman–Crippen LogP) is 5.00. The molecule has 0 aliphatic heterocycles. The second kappa shape index (κ2) is 9.71. The molecule has 2 aromatic carbocycles. The zero-order chi connectivity index (χ0) is 22.6. The molecule has 6 nitrogen and oxygen atoms in total. The Morgan fingerprint density at radius 2 is 1.58 bits per heavy atom. The summed E-state index contributed by atoms with van der Waals surface area (Å²) in [6.45, 7) is 1.94. The standard InChI is InChI=1S/C27H32N6/c1-33(2)26-23-8-4-6-10-25(23)31-27(32-26)30-21-13-11-19(12-14-21)17-28-18-20-15-16-29-24-9-5-3-7-22(20)24/h3-10,15-16,19,21,28H,11-14,17-18H2,1-2H3,(H,30,31,32)/t19-,21+. The molecule has 1 aliphatic carbocycles. The van der Waals surface area contributed by atoms with Crippen molar-refractivity contribution in [1.82, 2.24) is 20.3 Å². The molecule has 0 atom stereocenters. The number of aromatic nitrogens is 3.